The van der Waals surface area contributed by atoms with Crippen molar-refractivity contribution in [2.75, 3.05) is 39.3 Å². The molecule has 4 bridgehead atoms. The molecule has 0 fully saturated rings. The number of aromatic hydroxyl groups is 3. The van der Waals surface area contributed by atoms with Gasteiger partial charge in [0, 0.05) is 66.1 Å². The third-order valence-electron chi connectivity index (χ3n) is 6.05. The molecule has 3 N–H and O–H groups in total. The van der Waals surface area contributed by atoms with E-state index >= 15 is 0 Å². The van der Waals surface area contributed by atoms with E-state index < -0.39 is 0 Å². The van der Waals surface area contributed by atoms with Gasteiger partial charge in [-0.1, -0.05) is 43.0 Å². The fourth-order valence-corrected chi connectivity index (χ4v) is 3.98. The lowest BCUT2D eigenvalue weighted by molar-refractivity contribution is 0.298. The number of hydrogen-bond donors (Lipinski definition) is 3. The topological polar surface area (TPSA) is 101 Å². The van der Waals surface area contributed by atoms with Gasteiger partial charge in [-0.05, 0) is 29.8 Å². The summed E-state index contributed by atoms with van der Waals surface area (Å²) < 4.78 is 0. The minimum absolute atomic E-state index is 0.0761. The fraction of sp³-hybridized carbons (Fsp3) is 0.207. The van der Waals surface area contributed by atoms with Crippen molar-refractivity contribution in [1.29, 1.82) is 0 Å². The normalized spacial score (nSPS) is 14.9. The van der Waals surface area contributed by atoms with E-state index in [1.807, 2.05) is 24.3 Å². The van der Waals surface area contributed by atoms with Crippen LogP contribution in [0.4, 0.5) is 0 Å². The molecule has 0 unspecified atom stereocenters. The fourth-order valence-electron chi connectivity index (χ4n) is 3.98. The van der Waals surface area contributed by atoms with Crippen LogP contribution >= 0.6 is 0 Å². The number of nitrogens with zero attached hydrogens (tertiary/aromatic N) is 4. The zero-order valence-corrected chi connectivity index (χ0v) is 20.1. The Bertz CT molecular complexity index is 1240. The maximum Gasteiger partial charge on any atom is 0.132 e. The SMILES string of the molecule is C=C1c2cccc(c2O)C=NCCN(CCN=Cc2ccccc2O)CCN=Cc2cccc1c2O. The van der Waals surface area contributed by atoms with E-state index in [-0.39, 0.29) is 17.2 Å². The largest absolute Gasteiger partial charge is 0.507 e. The van der Waals surface area contributed by atoms with Crippen molar-refractivity contribution in [2.24, 2.45) is 15.0 Å². The molecule has 0 radical (unpaired) electrons. The van der Waals surface area contributed by atoms with E-state index in [0.29, 0.717) is 72.7 Å². The molecule has 0 aliphatic carbocycles. The third-order valence-corrected chi connectivity index (χ3v) is 6.05. The Morgan fingerprint density at radius 1 is 0.806 bits per heavy atom. The van der Waals surface area contributed by atoms with Crippen LogP contribution in [-0.4, -0.2) is 78.1 Å². The molecule has 1 heterocycles. The molecule has 0 saturated heterocycles. The monoisotopic (exact) mass is 482 g/mol. The molecule has 0 spiro atoms. The number of phenols is 3. The highest BCUT2D eigenvalue weighted by atomic mass is 16.3. The van der Waals surface area contributed by atoms with Gasteiger partial charge in [-0.25, -0.2) is 0 Å². The summed E-state index contributed by atoms with van der Waals surface area (Å²) in [6, 6.07) is 17.9. The molecule has 4 rings (SSSR count). The second kappa shape index (κ2) is 12.0. The van der Waals surface area contributed by atoms with E-state index in [1.54, 1.807) is 55.0 Å². The zero-order chi connectivity index (χ0) is 25.3. The van der Waals surface area contributed by atoms with Gasteiger partial charge in [0.25, 0.3) is 0 Å². The summed E-state index contributed by atoms with van der Waals surface area (Å²) in [5.74, 6) is 0.359. The third kappa shape index (κ3) is 6.06. The van der Waals surface area contributed by atoms with Crippen molar-refractivity contribution >= 4 is 24.2 Å². The first kappa shape index (κ1) is 24.9. The van der Waals surface area contributed by atoms with Crippen molar-refractivity contribution in [3.8, 4) is 17.2 Å². The first-order chi connectivity index (χ1) is 17.5. The van der Waals surface area contributed by atoms with Gasteiger partial charge in [-0.2, -0.15) is 0 Å². The van der Waals surface area contributed by atoms with Gasteiger partial charge >= 0.3 is 0 Å². The Kier molecular flexibility index (Phi) is 8.26. The smallest absolute Gasteiger partial charge is 0.132 e. The molecular weight excluding hydrogens is 452 g/mol. The Hall–Kier alpha value is -4.23. The van der Waals surface area contributed by atoms with Crippen LogP contribution < -0.4 is 0 Å². The van der Waals surface area contributed by atoms with Crippen molar-refractivity contribution in [3.05, 3.63) is 95.1 Å². The summed E-state index contributed by atoms with van der Waals surface area (Å²) >= 11 is 0. The van der Waals surface area contributed by atoms with Crippen LogP contribution in [0.1, 0.15) is 27.8 Å². The molecule has 0 aromatic heterocycles. The Morgan fingerprint density at radius 3 is 1.97 bits per heavy atom. The second-order valence-electron chi connectivity index (χ2n) is 8.47. The molecule has 7 heteroatoms. The molecular formula is C29H30N4O3. The van der Waals surface area contributed by atoms with Crippen LogP contribution in [0, 0.1) is 0 Å². The molecule has 0 amide bonds. The van der Waals surface area contributed by atoms with E-state index in [9.17, 15) is 15.3 Å². The lowest BCUT2D eigenvalue weighted by atomic mass is 9.95. The average Bonchev–Trinajstić information content (AvgIpc) is 2.88. The molecule has 1 aliphatic heterocycles. The lowest BCUT2D eigenvalue weighted by Gasteiger charge is -2.19. The summed E-state index contributed by atoms with van der Waals surface area (Å²) in [5, 5.41) is 31.6. The number of benzene rings is 3. The van der Waals surface area contributed by atoms with Crippen LogP contribution in [-0.2, 0) is 0 Å². The number of phenolic OH excluding ortho intramolecular Hbond substituents is 3. The summed E-state index contributed by atoms with van der Waals surface area (Å²) in [5.41, 5.74) is 3.48. The highest BCUT2D eigenvalue weighted by molar-refractivity contribution is 5.93. The van der Waals surface area contributed by atoms with Gasteiger partial charge in [0.15, 0.2) is 0 Å². The van der Waals surface area contributed by atoms with E-state index in [0.717, 1.165) is 0 Å². The maximum absolute atomic E-state index is 10.9. The number of para-hydroxylation sites is 3. The van der Waals surface area contributed by atoms with Crippen LogP contribution in [0.25, 0.3) is 5.57 Å². The summed E-state index contributed by atoms with van der Waals surface area (Å²) in [7, 11) is 0. The van der Waals surface area contributed by atoms with Crippen LogP contribution in [0.15, 0.2) is 82.2 Å². The Labute approximate surface area is 211 Å². The number of hydrogen-bond acceptors (Lipinski definition) is 7. The predicted molar refractivity (Wildman–Crippen MR) is 146 cm³/mol. The number of aliphatic imine (C=N–C) groups is 3. The molecule has 36 heavy (non-hydrogen) atoms. The second-order valence-corrected chi connectivity index (χ2v) is 8.47. The highest BCUT2D eigenvalue weighted by Gasteiger charge is 2.15. The molecule has 0 atom stereocenters. The molecule has 3 aromatic carbocycles. The first-order valence-corrected chi connectivity index (χ1v) is 11.9. The van der Waals surface area contributed by atoms with Crippen molar-refractivity contribution in [3.63, 3.8) is 0 Å². The summed E-state index contributed by atoms with van der Waals surface area (Å²) in [4.78, 5) is 15.7. The van der Waals surface area contributed by atoms with E-state index in [1.165, 1.54) is 0 Å². The van der Waals surface area contributed by atoms with Crippen molar-refractivity contribution < 1.29 is 15.3 Å². The van der Waals surface area contributed by atoms with Crippen LogP contribution in [0.3, 0.4) is 0 Å². The van der Waals surface area contributed by atoms with E-state index in [4.69, 9.17) is 0 Å². The van der Waals surface area contributed by atoms with Gasteiger partial charge in [0.05, 0.1) is 19.6 Å². The van der Waals surface area contributed by atoms with Gasteiger partial charge < -0.3 is 15.3 Å². The number of rotatable bonds is 4. The average molecular weight is 483 g/mol. The Balaban J connectivity index is 1.54. The zero-order valence-electron chi connectivity index (χ0n) is 20.1. The predicted octanol–water partition coefficient (Wildman–Crippen LogP) is 4.14. The standard InChI is InChI=1S/C29H30N4O3/c1-21-25-9-4-7-23(28(25)35)19-31-13-16-33(15-12-30-18-22-6-2-3-11-27(22)34)17-14-32-20-24-8-5-10-26(21)29(24)36/h2-11,18-20,34-36H,1,12-17H2. The Morgan fingerprint density at radius 2 is 1.39 bits per heavy atom. The van der Waals surface area contributed by atoms with Crippen molar-refractivity contribution in [1.82, 2.24) is 4.90 Å². The minimum atomic E-state index is 0.0761. The van der Waals surface area contributed by atoms with Crippen LogP contribution in [0.5, 0.6) is 17.2 Å². The quantitative estimate of drug-likeness (QED) is 0.487. The van der Waals surface area contributed by atoms with Crippen molar-refractivity contribution in [2.45, 2.75) is 0 Å². The molecule has 184 valence electrons. The molecule has 1 aliphatic rings. The molecule has 3 aromatic rings. The van der Waals surface area contributed by atoms with E-state index in [2.05, 4.69) is 26.5 Å². The van der Waals surface area contributed by atoms with Gasteiger partial charge in [0.2, 0.25) is 0 Å². The van der Waals surface area contributed by atoms with Gasteiger partial charge in [0.1, 0.15) is 17.2 Å². The maximum atomic E-state index is 10.9. The first-order valence-electron chi connectivity index (χ1n) is 11.9. The van der Waals surface area contributed by atoms with Gasteiger partial charge in [-0.3, -0.25) is 19.9 Å². The minimum Gasteiger partial charge on any atom is -0.507 e. The molecule has 7 nitrogen and oxygen atoms in total. The van der Waals surface area contributed by atoms with Crippen LogP contribution in [0.2, 0.25) is 0 Å². The molecule has 0 saturated carbocycles. The summed E-state index contributed by atoms with van der Waals surface area (Å²) in [6.07, 6.45) is 5.02. The highest BCUT2D eigenvalue weighted by Crippen LogP contribution is 2.36. The summed E-state index contributed by atoms with van der Waals surface area (Å²) in [6.45, 7) is 7.89. The lowest BCUT2D eigenvalue weighted by Crippen LogP contribution is -2.31. The van der Waals surface area contributed by atoms with Gasteiger partial charge in [-0.15, -0.1) is 0 Å². The number of fused-ring (bicyclic) bond motifs is 4.